The predicted octanol–water partition coefficient (Wildman–Crippen LogP) is 6.05. The molecule has 1 aliphatic heterocycles. The monoisotopic (exact) mass is 492 g/mol. The van der Waals surface area contributed by atoms with Gasteiger partial charge in [-0.05, 0) is 66.6 Å². The number of carbonyl (C=O) groups is 2. The molecule has 6 nitrogen and oxygen atoms in total. The van der Waals surface area contributed by atoms with Crippen LogP contribution in [0.5, 0.6) is 5.75 Å². The third kappa shape index (κ3) is 4.49. The fraction of sp³-hybridized carbons (Fsp3) is 0.115. The maximum absolute atomic E-state index is 13.3. The summed E-state index contributed by atoms with van der Waals surface area (Å²) >= 11 is 12.3. The van der Waals surface area contributed by atoms with E-state index in [2.05, 4.69) is 0 Å². The lowest BCUT2D eigenvalue weighted by atomic mass is 9.94. The molecule has 0 aliphatic carbocycles. The van der Waals surface area contributed by atoms with Crippen LogP contribution in [0, 0.1) is 11.3 Å². The molecule has 8 heteroatoms. The van der Waals surface area contributed by atoms with Gasteiger partial charge in [0.25, 0.3) is 11.8 Å². The third-order valence-corrected chi connectivity index (χ3v) is 6.00. The maximum atomic E-state index is 13.3. The molecule has 4 rings (SSSR count). The molecule has 0 fully saturated rings. The second kappa shape index (κ2) is 9.60. The lowest BCUT2D eigenvalue weighted by Gasteiger charge is -2.27. The number of amides is 2. The Hall–Kier alpha value is -3.79. The summed E-state index contributed by atoms with van der Waals surface area (Å²) in [5.41, 5.74) is 1.72. The first-order valence-electron chi connectivity index (χ1n) is 10.2. The lowest BCUT2D eigenvalue weighted by molar-refractivity contribution is -0.141. The minimum Gasteiger partial charge on any atom is -0.497 e. The smallest absolute Gasteiger partial charge is 0.271 e. The highest BCUT2D eigenvalue weighted by atomic mass is 35.5. The Morgan fingerprint density at radius 2 is 1.79 bits per heavy atom. The average Bonchev–Trinajstić information content (AvgIpc) is 3.30. The number of furan rings is 1. The number of ether oxygens (including phenoxy) is 1. The van der Waals surface area contributed by atoms with Crippen LogP contribution in [0.25, 0.3) is 17.4 Å². The second-order valence-corrected chi connectivity index (χ2v) is 8.38. The highest BCUT2D eigenvalue weighted by Crippen LogP contribution is 2.34. The molecular formula is C26H18Cl2N2O4. The number of methoxy groups -OCH3 is 1. The molecule has 0 saturated carbocycles. The lowest BCUT2D eigenvalue weighted by Crippen LogP contribution is -2.42. The molecule has 0 unspecified atom stereocenters. The number of hydrogen-bond acceptors (Lipinski definition) is 5. The SMILES string of the molecule is COc1ccc(CN2C(=O)C(C#N)=C(C)/C(=C\c3ccc(-c4cc(Cl)ccc4Cl)o3)C2=O)cc1. The molecule has 0 radical (unpaired) electrons. The summed E-state index contributed by atoms with van der Waals surface area (Å²) in [7, 11) is 1.55. The van der Waals surface area contributed by atoms with Gasteiger partial charge in [0.05, 0.1) is 18.7 Å². The Morgan fingerprint density at radius 3 is 2.47 bits per heavy atom. The van der Waals surface area contributed by atoms with Crippen molar-refractivity contribution in [3.63, 3.8) is 0 Å². The molecule has 170 valence electrons. The summed E-state index contributed by atoms with van der Waals surface area (Å²) in [6.45, 7) is 1.58. The van der Waals surface area contributed by atoms with Crippen LogP contribution in [0.15, 0.2) is 75.7 Å². The van der Waals surface area contributed by atoms with E-state index in [4.69, 9.17) is 32.4 Å². The van der Waals surface area contributed by atoms with Crippen molar-refractivity contribution < 1.29 is 18.7 Å². The Bertz CT molecular complexity index is 1390. The zero-order valence-corrected chi connectivity index (χ0v) is 19.8. The molecule has 0 saturated heterocycles. The fourth-order valence-electron chi connectivity index (χ4n) is 3.59. The Labute approximate surface area is 206 Å². The first-order valence-corrected chi connectivity index (χ1v) is 11.0. The van der Waals surface area contributed by atoms with Crippen molar-refractivity contribution in [1.29, 1.82) is 5.26 Å². The van der Waals surface area contributed by atoms with E-state index in [1.165, 1.54) is 6.08 Å². The second-order valence-electron chi connectivity index (χ2n) is 7.54. The molecule has 1 aliphatic rings. The number of nitriles is 1. The van der Waals surface area contributed by atoms with E-state index in [9.17, 15) is 14.9 Å². The van der Waals surface area contributed by atoms with Crippen LogP contribution in [0.2, 0.25) is 10.0 Å². The number of hydrogen-bond donors (Lipinski definition) is 0. The van der Waals surface area contributed by atoms with Crippen molar-refractivity contribution in [1.82, 2.24) is 4.90 Å². The molecule has 2 heterocycles. The molecule has 34 heavy (non-hydrogen) atoms. The summed E-state index contributed by atoms with van der Waals surface area (Å²) in [5, 5.41) is 10.6. The van der Waals surface area contributed by atoms with Crippen LogP contribution in [-0.4, -0.2) is 23.8 Å². The minimum atomic E-state index is -0.635. The Balaban J connectivity index is 1.70. The standard InChI is InChI=1S/C26H18Cl2N2O4/c1-15-20(12-19-8-10-24(34-19)21-11-17(27)5-9-23(21)28)25(31)30(26(32)22(15)13-29)14-16-3-6-18(33-2)7-4-16/h3-12H,14H2,1-2H3/b20-12+. The predicted molar refractivity (Wildman–Crippen MR) is 129 cm³/mol. The summed E-state index contributed by atoms with van der Waals surface area (Å²) in [4.78, 5) is 27.2. The summed E-state index contributed by atoms with van der Waals surface area (Å²) in [6.07, 6.45) is 1.52. The van der Waals surface area contributed by atoms with Crippen LogP contribution in [0.1, 0.15) is 18.2 Å². The van der Waals surface area contributed by atoms with Crippen LogP contribution < -0.4 is 4.74 Å². The third-order valence-electron chi connectivity index (χ3n) is 5.43. The van der Waals surface area contributed by atoms with Crippen molar-refractivity contribution in [3.8, 4) is 23.1 Å². The van der Waals surface area contributed by atoms with Crippen molar-refractivity contribution in [2.45, 2.75) is 13.5 Å². The number of halogens is 2. The van der Waals surface area contributed by atoms with Gasteiger partial charge >= 0.3 is 0 Å². The maximum Gasteiger partial charge on any atom is 0.271 e. The molecule has 2 amide bonds. The normalized spacial score (nSPS) is 15.1. The van der Waals surface area contributed by atoms with Gasteiger partial charge in [-0.15, -0.1) is 0 Å². The van der Waals surface area contributed by atoms with Gasteiger partial charge in [0.15, 0.2) is 0 Å². The van der Waals surface area contributed by atoms with E-state index < -0.39 is 11.8 Å². The van der Waals surface area contributed by atoms with Crippen molar-refractivity contribution in [2.75, 3.05) is 7.11 Å². The molecular weight excluding hydrogens is 475 g/mol. The number of imide groups is 1. The van der Waals surface area contributed by atoms with Gasteiger partial charge in [-0.1, -0.05) is 35.3 Å². The van der Waals surface area contributed by atoms with Gasteiger partial charge in [-0.3, -0.25) is 14.5 Å². The van der Waals surface area contributed by atoms with Crippen LogP contribution in [-0.2, 0) is 16.1 Å². The van der Waals surface area contributed by atoms with Crippen molar-refractivity contribution in [2.24, 2.45) is 0 Å². The highest BCUT2D eigenvalue weighted by molar-refractivity contribution is 6.35. The van der Waals surface area contributed by atoms with E-state index in [1.54, 1.807) is 68.6 Å². The van der Waals surface area contributed by atoms with E-state index in [1.807, 2.05) is 6.07 Å². The number of carbonyl (C=O) groups excluding carboxylic acids is 2. The Morgan fingerprint density at radius 1 is 1.06 bits per heavy atom. The molecule has 1 aromatic heterocycles. The number of nitrogens with zero attached hydrogens (tertiary/aromatic N) is 2. The van der Waals surface area contributed by atoms with Gasteiger partial charge in [-0.2, -0.15) is 5.26 Å². The molecule has 3 aromatic rings. The molecule has 0 spiro atoms. The van der Waals surface area contributed by atoms with Crippen molar-refractivity contribution >= 4 is 41.1 Å². The van der Waals surface area contributed by atoms with Crippen molar-refractivity contribution in [3.05, 3.63) is 92.7 Å². The molecule has 0 bridgehead atoms. The summed E-state index contributed by atoms with van der Waals surface area (Å²) in [5.74, 6) is 0.336. The first-order chi connectivity index (χ1) is 16.3. The van der Waals surface area contributed by atoms with E-state index >= 15 is 0 Å². The topological polar surface area (TPSA) is 83.5 Å². The Kier molecular flexibility index (Phi) is 6.60. The largest absolute Gasteiger partial charge is 0.497 e. The van der Waals surface area contributed by atoms with Crippen LogP contribution in [0.3, 0.4) is 0 Å². The fourth-order valence-corrected chi connectivity index (χ4v) is 3.97. The van der Waals surface area contributed by atoms with Crippen LogP contribution >= 0.6 is 23.2 Å². The van der Waals surface area contributed by atoms with Gasteiger partial charge in [0.2, 0.25) is 0 Å². The van der Waals surface area contributed by atoms with E-state index in [0.29, 0.717) is 38.5 Å². The molecule has 0 atom stereocenters. The van der Waals surface area contributed by atoms with Gasteiger partial charge < -0.3 is 9.15 Å². The minimum absolute atomic E-state index is 0.0129. The first kappa shape index (κ1) is 23.4. The van der Waals surface area contributed by atoms with Gasteiger partial charge in [0, 0.05) is 16.2 Å². The van der Waals surface area contributed by atoms with E-state index in [-0.39, 0.29) is 17.7 Å². The number of benzene rings is 2. The number of rotatable bonds is 5. The zero-order valence-electron chi connectivity index (χ0n) is 18.3. The van der Waals surface area contributed by atoms with E-state index in [0.717, 1.165) is 10.5 Å². The average molecular weight is 493 g/mol. The molecule has 2 aromatic carbocycles. The van der Waals surface area contributed by atoms with Crippen LogP contribution in [0.4, 0.5) is 0 Å². The molecule has 0 N–H and O–H groups in total. The van der Waals surface area contributed by atoms with Gasteiger partial charge in [-0.25, -0.2) is 0 Å². The quantitative estimate of drug-likeness (QED) is 0.319. The summed E-state index contributed by atoms with van der Waals surface area (Å²) < 4.78 is 11.0. The highest BCUT2D eigenvalue weighted by Gasteiger charge is 2.35. The summed E-state index contributed by atoms with van der Waals surface area (Å²) in [6, 6.07) is 17.3. The van der Waals surface area contributed by atoms with Gasteiger partial charge in [0.1, 0.15) is 28.9 Å². The zero-order chi connectivity index (χ0) is 24.4.